The van der Waals surface area contributed by atoms with Gasteiger partial charge >= 0.3 is 0 Å². The van der Waals surface area contributed by atoms with Crippen LogP contribution in [-0.2, 0) is 4.79 Å². The Labute approximate surface area is 186 Å². The third-order valence-corrected chi connectivity index (χ3v) is 4.90. The molecule has 0 fully saturated rings. The van der Waals surface area contributed by atoms with Crippen LogP contribution in [0.2, 0.25) is 0 Å². The Morgan fingerprint density at radius 3 is 1.81 bits per heavy atom. The number of nitrogens with one attached hydrogen (secondary N) is 2. The normalized spacial score (nSPS) is 11.2. The second kappa shape index (κ2) is 10.1. The summed E-state index contributed by atoms with van der Waals surface area (Å²) in [6, 6.07) is 31.2. The monoisotopic (exact) mass is 422 g/mol. The molecule has 0 radical (unpaired) electrons. The molecule has 5 nitrogen and oxygen atoms in total. The lowest BCUT2D eigenvalue weighted by atomic mass is 9.98. The maximum absolute atomic E-state index is 13.4. The molecule has 3 aromatic carbocycles. The summed E-state index contributed by atoms with van der Waals surface area (Å²) < 4.78 is 5.37. The predicted octanol–water partition coefficient (Wildman–Crippen LogP) is 4.96. The molecule has 0 unspecified atom stereocenters. The zero-order valence-electron chi connectivity index (χ0n) is 17.3. The van der Waals surface area contributed by atoms with Gasteiger partial charge in [-0.2, -0.15) is 0 Å². The van der Waals surface area contributed by atoms with E-state index >= 15 is 0 Å². The molecule has 0 saturated heterocycles. The summed E-state index contributed by atoms with van der Waals surface area (Å²) in [6.45, 7) is 0. The summed E-state index contributed by atoms with van der Waals surface area (Å²) in [6.07, 6.45) is 3.03. The second-order valence-electron chi connectivity index (χ2n) is 7.12. The maximum atomic E-state index is 13.4. The smallest absolute Gasteiger partial charge is 0.268 e. The number of furan rings is 1. The molecule has 4 rings (SSSR count). The van der Waals surface area contributed by atoms with E-state index < -0.39 is 11.9 Å². The molecule has 2 N–H and O–H groups in total. The van der Waals surface area contributed by atoms with Crippen molar-refractivity contribution in [3.05, 3.63) is 138 Å². The Morgan fingerprint density at radius 1 is 0.719 bits per heavy atom. The predicted molar refractivity (Wildman–Crippen MR) is 123 cm³/mol. The van der Waals surface area contributed by atoms with Crippen molar-refractivity contribution in [1.82, 2.24) is 10.6 Å². The zero-order valence-corrected chi connectivity index (χ0v) is 17.3. The number of hydrogen-bond acceptors (Lipinski definition) is 3. The maximum Gasteiger partial charge on any atom is 0.268 e. The summed E-state index contributed by atoms with van der Waals surface area (Å²) in [5.74, 6) is -0.350. The standard InChI is InChI=1S/C27H22N2O3/c30-26(22-15-8-3-9-16-22)28-24(19-23-17-10-18-32-23)27(31)29-25(20-11-4-1-5-12-20)21-13-6-2-7-14-21/h1-19,25H,(H,28,30)(H,29,31)/b24-19-. The van der Waals surface area contributed by atoms with E-state index in [2.05, 4.69) is 10.6 Å². The highest BCUT2D eigenvalue weighted by Gasteiger charge is 2.21. The molecule has 2 amide bonds. The second-order valence-corrected chi connectivity index (χ2v) is 7.12. The summed E-state index contributed by atoms with van der Waals surface area (Å²) in [7, 11) is 0. The minimum Gasteiger partial charge on any atom is -0.465 e. The van der Waals surface area contributed by atoms with Gasteiger partial charge in [0.2, 0.25) is 0 Å². The van der Waals surface area contributed by atoms with Crippen molar-refractivity contribution in [2.45, 2.75) is 6.04 Å². The molecule has 0 bridgehead atoms. The number of amides is 2. The molecular formula is C27H22N2O3. The van der Waals surface area contributed by atoms with Crippen molar-refractivity contribution < 1.29 is 14.0 Å². The van der Waals surface area contributed by atoms with Crippen molar-refractivity contribution in [1.29, 1.82) is 0 Å². The Hall–Kier alpha value is -4.38. The lowest BCUT2D eigenvalue weighted by Crippen LogP contribution is -2.37. The largest absolute Gasteiger partial charge is 0.465 e. The van der Waals surface area contributed by atoms with Crippen LogP contribution >= 0.6 is 0 Å². The molecule has 0 spiro atoms. The number of rotatable bonds is 7. The van der Waals surface area contributed by atoms with Crippen molar-refractivity contribution >= 4 is 17.9 Å². The molecule has 4 aromatic rings. The van der Waals surface area contributed by atoms with Gasteiger partial charge in [0, 0.05) is 11.6 Å². The van der Waals surface area contributed by atoms with Crippen LogP contribution in [-0.4, -0.2) is 11.8 Å². The average molecular weight is 422 g/mol. The van der Waals surface area contributed by atoms with Gasteiger partial charge in [-0.25, -0.2) is 0 Å². The highest BCUT2D eigenvalue weighted by atomic mass is 16.3. The molecule has 32 heavy (non-hydrogen) atoms. The quantitative estimate of drug-likeness (QED) is 0.414. The molecule has 158 valence electrons. The fourth-order valence-electron chi connectivity index (χ4n) is 3.32. The van der Waals surface area contributed by atoms with Crippen molar-refractivity contribution in [3.8, 4) is 0 Å². The van der Waals surface area contributed by atoms with Crippen LogP contribution in [0.1, 0.15) is 33.3 Å². The first-order chi connectivity index (χ1) is 15.7. The van der Waals surface area contributed by atoms with Gasteiger partial charge in [-0.05, 0) is 35.4 Å². The Morgan fingerprint density at radius 2 is 1.28 bits per heavy atom. The lowest BCUT2D eigenvalue weighted by Gasteiger charge is -2.21. The third-order valence-electron chi connectivity index (χ3n) is 4.90. The summed E-state index contributed by atoms with van der Waals surface area (Å²) in [5.41, 5.74) is 2.40. The van der Waals surface area contributed by atoms with Gasteiger partial charge in [-0.1, -0.05) is 78.9 Å². The number of benzene rings is 3. The first-order valence-corrected chi connectivity index (χ1v) is 10.2. The molecule has 0 aliphatic heterocycles. The van der Waals surface area contributed by atoms with Crippen LogP contribution < -0.4 is 10.6 Å². The fourth-order valence-corrected chi connectivity index (χ4v) is 3.32. The molecule has 1 aromatic heterocycles. The van der Waals surface area contributed by atoms with Crippen LogP contribution in [0, 0.1) is 0 Å². The molecule has 0 aliphatic carbocycles. The molecule has 0 atom stereocenters. The van der Waals surface area contributed by atoms with Gasteiger partial charge in [0.25, 0.3) is 11.8 Å². The van der Waals surface area contributed by atoms with Gasteiger partial charge in [0.05, 0.1) is 12.3 Å². The highest BCUT2D eigenvalue weighted by Crippen LogP contribution is 2.22. The third kappa shape index (κ3) is 5.21. The minimum atomic E-state index is -0.427. The first-order valence-electron chi connectivity index (χ1n) is 10.2. The van der Waals surface area contributed by atoms with E-state index in [1.165, 1.54) is 12.3 Å². The number of hydrogen-bond donors (Lipinski definition) is 2. The van der Waals surface area contributed by atoms with Crippen LogP contribution in [0.4, 0.5) is 0 Å². The number of carbonyl (C=O) groups excluding carboxylic acids is 2. The molecule has 0 aliphatic rings. The van der Waals surface area contributed by atoms with Gasteiger partial charge in [0.15, 0.2) is 0 Å². The fraction of sp³-hybridized carbons (Fsp3) is 0.0370. The summed E-state index contributed by atoms with van der Waals surface area (Å²) in [5, 5.41) is 5.79. The Bertz CT molecular complexity index is 1150. The van der Waals surface area contributed by atoms with Gasteiger partial charge < -0.3 is 15.1 Å². The van der Waals surface area contributed by atoms with E-state index in [1.54, 1.807) is 36.4 Å². The van der Waals surface area contributed by atoms with E-state index in [-0.39, 0.29) is 11.6 Å². The molecular weight excluding hydrogens is 400 g/mol. The number of carbonyl (C=O) groups is 2. The van der Waals surface area contributed by atoms with Gasteiger partial charge in [-0.3, -0.25) is 9.59 Å². The van der Waals surface area contributed by atoms with Crippen LogP contribution in [0.3, 0.4) is 0 Å². The SMILES string of the molecule is O=C(NC(c1ccccc1)c1ccccc1)/C(=C/c1ccco1)NC(=O)c1ccccc1. The van der Waals surface area contributed by atoms with E-state index in [0.717, 1.165) is 11.1 Å². The van der Waals surface area contributed by atoms with E-state index in [0.29, 0.717) is 11.3 Å². The van der Waals surface area contributed by atoms with Crippen LogP contribution in [0.5, 0.6) is 0 Å². The van der Waals surface area contributed by atoms with Crippen molar-refractivity contribution in [2.75, 3.05) is 0 Å². The Kier molecular flexibility index (Phi) is 6.58. The summed E-state index contributed by atoms with van der Waals surface area (Å²) >= 11 is 0. The van der Waals surface area contributed by atoms with Gasteiger partial charge in [-0.15, -0.1) is 0 Å². The lowest BCUT2D eigenvalue weighted by molar-refractivity contribution is -0.118. The first kappa shape index (κ1) is 20.9. The molecule has 1 heterocycles. The van der Waals surface area contributed by atoms with E-state index in [1.807, 2.05) is 66.7 Å². The highest BCUT2D eigenvalue weighted by molar-refractivity contribution is 6.05. The zero-order chi connectivity index (χ0) is 22.2. The van der Waals surface area contributed by atoms with Crippen LogP contribution in [0.15, 0.2) is 120 Å². The van der Waals surface area contributed by atoms with Crippen LogP contribution in [0.25, 0.3) is 6.08 Å². The van der Waals surface area contributed by atoms with Crippen molar-refractivity contribution in [3.63, 3.8) is 0 Å². The van der Waals surface area contributed by atoms with E-state index in [4.69, 9.17) is 4.42 Å². The topological polar surface area (TPSA) is 71.3 Å². The minimum absolute atomic E-state index is 0.0886. The summed E-state index contributed by atoms with van der Waals surface area (Å²) in [4.78, 5) is 26.1. The molecule has 5 heteroatoms. The molecule has 0 saturated carbocycles. The van der Waals surface area contributed by atoms with Crippen molar-refractivity contribution in [2.24, 2.45) is 0 Å². The average Bonchev–Trinajstić information content (AvgIpc) is 3.37. The van der Waals surface area contributed by atoms with Gasteiger partial charge in [0.1, 0.15) is 11.5 Å². The van der Waals surface area contributed by atoms with E-state index in [9.17, 15) is 9.59 Å². The Balaban J connectivity index is 1.64.